The molecule has 8 heteroatoms. The van der Waals surface area contributed by atoms with Gasteiger partial charge in [-0.15, -0.1) is 0 Å². The SMILES string of the molecule is Cn1cnc2c(=O)n(-c3ccc(Cl)cc3)c(SCCc3ccc(F)cc3)nc21. The molecule has 28 heavy (non-hydrogen) atoms. The van der Waals surface area contributed by atoms with E-state index in [4.69, 9.17) is 11.6 Å². The number of nitrogens with zero attached hydrogens (tertiary/aromatic N) is 4. The van der Waals surface area contributed by atoms with Gasteiger partial charge in [-0.05, 0) is 48.4 Å². The van der Waals surface area contributed by atoms with E-state index in [1.807, 2.05) is 0 Å². The van der Waals surface area contributed by atoms with Gasteiger partial charge in [0.2, 0.25) is 0 Å². The fourth-order valence-electron chi connectivity index (χ4n) is 2.87. The number of aryl methyl sites for hydroxylation is 2. The van der Waals surface area contributed by atoms with Crippen molar-refractivity contribution in [1.82, 2.24) is 19.1 Å². The Kier molecular flexibility index (Phi) is 5.19. The zero-order chi connectivity index (χ0) is 19.7. The van der Waals surface area contributed by atoms with Crippen molar-refractivity contribution in [3.05, 3.63) is 81.6 Å². The van der Waals surface area contributed by atoms with E-state index in [-0.39, 0.29) is 11.4 Å². The highest BCUT2D eigenvalue weighted by Crippen LogP contribution is 2.23. The molecule has 0 aliphatic rings. The number of aromatic nitrogens is 4. The predicted octanol–water partition coefficient (Wildman–Crippen LogP) is 4.25. The molecule has 0 radical (unpaired) electrons. The van der Waals surface area contributed by atoms with Crippen LogP contribution in [0.3, 0.4) is 0 Å². The normalized spacial score (nSPS) is 11.2. The minimum Gasteiger partial charge on any atom is -0.318 e. The minimum absolute atomic E-state index is 0.225. The number of halogens is 2. The van der Waals surface area contributed by atoms with E-state index in [0.29, 0.717) is 32.8 Å². The zero-order valence-electron chi connectivity index (χ0n) is 15.0. The Morgan fingerprint density at radius 2 is 1.82 bits per heavy atom. The maximum atomic E-state index is 13.1. The van der Waals surface area contributed by atoms with Gasteiger partial charge in [-0.1, -0.05) is 35.5 Å². The summed E-state index contributed by atoms with van der Waals surface area (Å²) in [5.74, 6) is 0.436. The van der Waals surface area contributed by atoms with Gasteiger partial charge >= 0.3 is 0 Å². The average molecular weight is 415 g/mol. The molecule has 0 aliphatic heterocycles. The van der Waals surface area contributed by atoms with Crippen LogP contribution >= 0.6 is 23.4 Å². The zero-order valence-corrected chi connectivity index (χ0v) is 16.5. The van der Waals surface area contributed by atoms with Gasteiger partial charge in [0.25, 0.3) is 5.56 Å². The summed E-state index contributed by atoms with van der Waals surface area (Å²) in [5, 5.41) is 1.17. The quantitative estimate of drug-likeness (QED) is 0.362. The van der Waals surface area contributed by atoms with Gasteiger partial charge in [0.15, 0.2) is 16.3 Å². The third-order valence-corrected chi connectivity index (χ3v) is 5.52. The Morgan fingerprint density at radius 3 is 2.54 bits per heavy atom. The molecule has 0 atom stereocenters. The van der Waals surface area contributed by atoms with Crippen LogP contribution in [0.5, 0.6) is 0 Å². The predicted molar refractivity (Wildman–Crippen MR) is 110 cm³/mol. The van der Waals surface area contributed by atoms with Crippen molar-refractivity contribution >= 4 is 34.5 Å². The second-order valence-corrected chi connectivity index (χ2v) is 7.76. The average Bonchev–Trinajstić information content (AvgIpc) is 3.06. The highest BCUT2D eigenvalue weighted by atomic mass is 35.5. The molecular formula is C20H16ClFN4OS. The van der Waals surface area contributed by atoms with Crippen molar-refractivity contribution in [3.8, 4) is 5.69 Å². The second kappa shape index (κ2) is 7.77. The number of hydrogen-bond donors (Lipinski definition) is 0. The number of imidazole rings is 1. The summed E-state index contributed by atoms with van der Waals surface area (Å²) in [5.41, 5.74) is 2.34. The third kappa shape index (κ3) is 3.68. The van der Waals surface area contributed by atoms with E-state index in [1.165, 1.54) is 23.9 Å². The van der Waals surface area contributed by atoms with Gasteiger partial charge in [0, 0.05) is 17.8 Å². The van der Waals surface area contributed by atoms with E-state index >= 15 is 0 Å². The van der Waals surface area contributed by atoms with Crippen molar-refractivity contribution in [2.24, 2.45) is 7.05 Å². The lowest BCUT2D eigenvalue weighted by molar-refractivity contribution is 0.627. The Hall–Kier alpha value is -2.64. The highest BCUT2D eigenvalue weighted by molar-refractivity contribution is 7.99. The molecule has 0 unspecified atom stereocenters. The molecule has 2 heterocycles. The van der Waals surface area contributed by atoms with E-state index < -0.39 is 0 Å². The van der Waals surface area contributed by atoms with Gasteiger partial charge in [0.1, 0.15) is 5.82 Å². The summed E-state index contributed by atoms with van der Waals surface area (Å²) >= 11 is 7.46. The summed E-state index contributed by atoms with van der Waals surface area (Å²) in [4.78, 5) is 21.9. The monoisotopic (exact) mass is 414 g/mol. The van der Waals surface area contributed by atoms with E-state index in [1.54, 1.807) is 58.9 Å². The lowest BCUT2D eigenvalue weighted by Gasteiger charge is -2.12. The van der Waals surface area contributed by atoms with E-state index in [2.05, 4.69) is 9.97 Å². The number of hydrogen-bond acceptors (Lipinski definition) is 4. The Morgan fingerprint density at radius 1 is 1.11 bits per heavy atom. The van der Waals surface area contributed by atoms with Crippen molar-refractivity contribution in [2.75, 3.05) is 5.75 Å². The summed E-state index contributed by atoms with van der Waals surface area (Å²) in [6.07, 6.45) is 2.31. The van der Waals surface area contributed by atoms with Crippen LogP contribution in [-0.2, 0) is 13.5 Å². The molecule has 0 N–H and O–H groups in total. The van der Waals surface area contributed by atoms with Crippen LogP contribution in [-0.4, -0.2) is 24.9 Å². The molecule has 0 aliphatic carbocycles. The van der Waals surface area contributed by atoms with Crippen LogP contribution in [0.15, 0.2) is 64.8 Å². The summed E-state index contributed by atoms with van der Waals surface area (Å²) in [6, 6.07) is 13.5. The molecule has 2 aromatic carbocycles. The van der Waals surface area contributed by atoms with Crippen molar-refractivity contribution < 1.29 is 4.39 Å². The first-order valence-electron chi connectivity index (χ1n) is 8.60. The van der Waals surface area contributed by atoms with Gasteiger partial charge in [-0.25, -0.2) is 14.4 Å². The molecule has 2 aromatic heterocycles. The van der Waals surface area contributed by atoms with Crippen molar-refractivity contribution in [2.45, 2.75) is 11.6 Å². The fraction of sp³-hybridized carbons (Fsp3) is 0.150. The third-order valence-electron chi connectivity index (χ3n) is 4.32. The number of rotatable bonds is 5. The number of fused-ring (bicyclic) bond motifs is 1. The first-order chi connectivity index (χ1) is 13.5. The van der Waals surface area contributed by atoms with Crippen LogP contribution in [0.25, 0.3) is 16.9 Å². The lowest BCUT2D eigenvalue weighted by atomic mass is 10.2. The van der Waals surface area contributed by atoms with Gasteiger partial charge in [0.05, 0.1) is 12.0 Å². The molecule has 0 spiro atoms. The highest BCUT2D eigenvalue weighted by Gasteiger charge is 2.16. The maximum absolute atomic E-state index is 13.1. The standard InChI is InChI=1S/C20H16ClFN4OS/c1-25-12-23-17-18(25)24-20(28-11-10-13-2-6-15(22)7-3-13)26(19(17)27)16-8-4-14(21)5-9-16/h2-9,12H,10-11H2,1H3. The van der Waals surface area contributed by atoms with Crippen LogP contribution in [0, 0.1) is 5.82 Å². The fourth-order valence-corrected chi connectivity index (χ4v) is 3.98. The first-order valence-corrected chi connectivity index (χ1v) is 9.96. The van der Waals surface area contributed by atoms with E-state index in [0.717, 1.165) is 12.0 Å². The molecule has 0 fully saturated rings. The van der Waals surface area contributed by atoms with Crippen LogP contribution in [0.4, 0.5) is 4.39 Å². The van der Waals surface area contributed by atoms with Gasteiger partial charge in [-0.2, -0.15) is 0 Å². The van der Waals surface area contributed by atoms with Gasteiger partial charge in [-0.3, -0.25) is 9.36 Å². The first kappa shape index (κ1) is 18.7. The number of benzene rings is 2. The lowest BCUT2D eigenvalue weighted by Crippen LogP contribution is -2.22. The molecule has 0 saturated heterocycles. The minimum atomic E-state index is -0.253. The molecule has 0 bridgehead atoms. The number of thioether (sulfide) groups is 1. The van der Waals surface area contributed by atoms with Crippen molar-refractivity contribution in [1.29, 1.82) is 0 Å². The second-order valence-electron chi connectivity index (χ2n) is 6.26. The summed E-state index contributed by atoms with van der Waals surface area (Å²) in [6.45, 7) is 0. The smallest absolute Gasteiger partial charge is 0.286 e. The molecule has 142 valence electrons. The Labute approximate surface area is 169 Å². The maximum Gasteiger partial charge on any atom is 0.286 e. The van der Waals surface area contributed by atoms with Crippen LogP contribution in [0.1, 0.15) is 5.56 Å². The van der Waals surface area contributed by atoms with E-state index in [9.17, 15) is 9.18 Å². The Balaban J connectivity index is 1.71. The molecule has 4 aromatic rings. The topological polar surface area (TPSA) is 52.7 Å². The summed E-state index contributed by atoms with van der Waals surface area (Å²) < 4.78 is 16.4. The molecular weight excluding hydrogens is 399 g/mol. The van der Waals surface area contributed by atoms with Crippen LogP contribution in [0.2, 0.25) is 5.02 Å². The molecule has 0 saturated carbocycles. The van der Waals surface area contributed by atoms with Crippen molar-refractivity contribution in [3.63, 3.8) is 0 Å². The van der Waals surface area contributed by atoms with Crippen LogP contribution < -0.4 is 5.56 Å². The summed E-state index contributed by atoms with van der Waals surface area (Å²) in [7, 11) is 1.81. The molecule has 5 nitrogen and oxygen atoms in total. The molecule has 0 amide bonds. The largest absolute Gasteiger partial charge is 0.318 e. The van der Waals surface area contributed by atoms with Gasteiger partial charge < -0.3 is 4.57 Å². The Bertz CT molecular complexity index is 1190. The molecule has 4 rings (SSSR count).